The predicted octanol–water partition coefficient (Wildman–Crippen LogP) is 4.35. The van der Waals surface area contributed by atoms with Gasteiger partial charge in [0.15, 0.2) is 0 Å². The smallest absolute Gasteiger partial charge is 0.255 e. The summed E-state index contributed by atoms with van der Waals surface area (Å²) in [6, 6.07) is 21.8. The van der Waals surface area contributed by atoms with Gasteiger partial charge in [-0.05, 0) is 66.4 Å². The lowest BCUT2D eigenvalue weighted by molar-refractivity contribution is -0.115. The van der Waals surface area contributed by atoms with Crippen molar-refractivity contribution in [1.82, 2.24) is 5.32 Å². The molecule has 0 heterocycles. The number of carbonyl (C=O) groups excluding carboxylic acids is 2. The second kappa shape index (κ2) is 9.39. The lowest BCUT2D eigenvalue weighted by atomic mass is 10.0. The minimum absolute atomic E-state index is 0.112. The minimum atomic E-state index is -0.250. The lowest BCUT2D eigenvalue weighted by Gasteiger charge is -2.11. The first-order chi connectivity index (χ1) is 15.5. The molecular formula is C26H25N3O3. The molecule has 6 nitrogen and oxygen atoms in total. The maximum absolute atomic E-state index is 12.9. The highest BCUT2D eigenvalue weighted by Crippen LogP contribution is 2.25. The Bertz CT molecular complexity index is 1150. The van der Waals surface area contributed by atoms with Gasteiger partial charge in [-0.25, -0.2) is 0 Å². The summed E-state index contributed by atoms with van der Waals surface area (Å²) in [5.41, 5.74) is 9.65. The second-order valence-electron chi connectivity index (χ2n) is 7.70. The maximum Gasteiger partial charge on any atom is 0.255 e. The summed E-state index contributed by atoms with van der Waals surface area (Å²) in [6.07, 6.45) is 3.85. The van der Waals surface area contributed by atoms with Gasteiger partial charge in [-0.1, -0.05) is 36.4 Å². The molecule has 3 aromatic rings. The number of hydrogen-bond donors (Lipinski definition) is 3. The van der Waals surface area contributed by atoms with E-state index in [0.29, 0.717) is 22.5 Å². The van der Waals surface area contributed by atoms with Crippen molar-refractivity contribution in [1.29, 1.82) is 0 Å². The number of nitrogen functional groups attached to an aromatic ring is 1. The molecule has 4 rings (SSSR count). The molecule has 0 spiro atoms. The van der Waals surface area contributed by atoms with Gasteiger partial charge in [-0.3, -0.25) is 9.59 Å². The van der Waals surface area contributed by atoms with Crippen LogP contribution in [0, 0.1) is 0 Å². The molecule has 1 aliphatic carbocycles. The normalized spacial score (nSPS) is 13.3. The second-order valence-corrected chi connectivity index (χ2v) is 7.70. The van der Waals surface area contributed by atoms with Crippen LogP contribution in [0.5, 0.6) is 5.75 Å². The Morgan fingerprint density at radius 3 is 2.22 bits per heavy atom. The van der Waals surface area contributed by atoms with Crippen LogP contribution in [0.4, 0.5) is 11.4 Å². The third-order valence-electron chi connectivity index (χ3n) is 5.25. The van der Waals surface area contributed by atoms with Crippen molar-refractivity contribution in [2.24, 2.45) is 0 Å². The predicted molar refractivity (Wildman–Crippen MR) is 127 cm³/mol. The topological polar surface area (TPSA) is 93.4 Å². The number of methoxy groups -OCH3 is 1. The van der Waals surface area contributed by atoms with E-state index in [9.17, 15) is 9.59 Å². The molecule has 6 heteroatoms. The number of nitrogens with two attached hydrogens (primary N) is 1. The Hall–Kier alpha value is -4.06. The molecule has 0 unspecified atom stereocenters. The van der Waals surface area contributed by atoms with Crippen molar-refractivity contribution < 1.29 is 14.3 Å². The van der Waals surface area contributed by atoms with E-state index >= 15 is 0 Å². The van der Waals surface area contributed by atoms with Gasteiger partial charge in [-0.15, -0.1) is 0 Å². The van der Waals surface area contributed by atoms with Crippen molar-refractivity contribution >= 4 is 34.8 Å². The SMILES string of the molecule is COc1ccc(/C(=C/c2ccc(C(=O)Nc3ccccc3N)cc2)C(=O)NC2CC2)cc1. The minimum Gasteiger partial charge on any atom is -0.497 e. The zero-order chi connectivity index (χ0) is 22.5. The quantitative estimate of drug-likeness (QED) is 0.297. The summed E-state index contributed by atoms with van der Waals surface area (Å²) in [5.74, 6) is 0.365. The first-order valence-electron chi connectivity index (χ1n) is 10.5. The third kappa shape index (κ3) is 5.16. The largest absolute Gasteiger partial charge is 0.497 e. The monoisotopic (exact) mass is 427 g/mol. The maximum atomic E-state index is 12.9. The zero-order valence-electron chi connectivity index (χ0n) is 17.8. The Labute approximate surface area is 187 Å². The first kappa shape index (κ1) is 21.2. The van der Waals surface area contributed by atoms with Crippen molar-refractivity contribution in [3.63, 3.8) is 0 Å². The zero-order valence-corrected chi connectivity index (χ0v) is 17.8. The van der Waals surface area contributed by atoms with Gasteiger partial charge in [0.05, 0.1) is 18.5 Å². The van der Waals surface area contributed by atoms with E-state index in [1.807, 2.05) is 54.6 Å². The van der Waals surface area contributed by atoms with Crippen LogP contribution in [0.1, 0.15) is 34.3 Å². The van der Waals surface area contributed by atoms with Gasteiger partial charge in [-0.2, -0.15) is 0 Å². The van der Waals surface area contributed by atoms with Crippen LogP contribution in [0.25, 0.3) is 11.6 Å². The molecule has 0 radical (unpaired) electrons. The number of anilines is 2. The van der Waals surface area contributed by atoms with E-state index in [2.05, 4.69) is 10.6 Å². The first-order valence-corrected chi connectivity index (χ1v) is 10.5. The molecule has 1 fully saturated rings. The van der Waals surface area contributed by atoms with E-state index in [0.717, 1.165) is 29.7 Å². The number of carbonyl (C=O) groups is 2. The highest BCUT2D eigenvalue weighted by molar-refractivity contribution is 6.24. The molecule has 0 atom stereocenters. The summed E-state index contributed by atoms with van der Waals surface area (Å²) in [7, 11) is 1.61. The van der Waals surface area contributed by atoms with E-state index in [1.165, 1.54) is 0 Å². The Morgan fingerprint density at radius 2 is 1.59 bits per heavy atom. The fourth-order valence-corrected chi connectivity index (χ4v) is 3.24. The van der Waals surface area contributed by atoms with Gasteiger partial charge in [0, 0.05) is 17.2 Å². The average Bonchev–Trinajstić information content (AvgIpc) is 3.63. The number of rotatable bonds is 7. The van der Waals surface area contributed by atoms with Crippen LogP contribution in [0.2, 0.25) is 0 Å². The van der Waals surface area contributed by atoms with Crippen molar-refractivity contribution in [3.05, 3.63) is 89.5 Å². The number of benzene rings is 3. The molecule has 2 amide bonds. The highest BCUT2D eigenvalue weighted by atomic mass is 16.5. The summed E-state index contributed by atoms with van der Waals surface area (Å²) in [5, 5.41) is 5.86. The van der Waals surface area contributed by atoms with Gasteiger partial charge < -0.3 is 21.1 Å². The van der Waals surface area contributed by atoms with Gasteiger partial charge in [0.2, 0.25) is 0 Å². The van der Waals surface area contributed by atoms with E-state index < -0.39 is 0 Å². The fourth-order valence-electron chi connectivity index (χ4n) is 3.24. The number of ether oxygens (including phenoxy) is 1. The summed E-state index contributed by atoms with van der Waals surface area (Å²) >= 11 is 0. The van der Waals surface area contributed by atoms with Crippen LogP contribution in [-0.2, 0) is 4.79 Å². The number of hydrogen-bond acceptors (Lipinski definition) is 4. The summed E-state index contributed by atoms with van der Waals surface area (Å²) in [4.78, 5) is 25.4. The fraction of sp³-hybridized carbons (Fsp3) is 0.154. The van der Waals surface area contributed by atoms with Crippen molar-refractivity contribution in [2.75, 3.05) is 18.2 Å². The van der Waals surface area contributed by atoms with Gasteiger partial charge in [0.25, 0.3) is 11.8 Å². The Kier molecular flexibility index (Phi) is 6.22. The average molecular weight is 428 g/mol. The molecule has 1 saturated carbocycles. The van der Waals surface area contributed by atoms with E-state index in [4.69, 9.17) is 10.5 Å². The molecule has 162 valence electrons. The molecular weight excluding hydrogens is 402 g/mol. The third-order valence-corrected chi connectivity index (χ3v) is 5.25. The molecule has 0 saturated heterocycles. The standard InChI is InChI=1S/C26H25N3O3/c1-32-21-14-10-18(11-15-21)22(26(31)28-20-12-13-20)16-17-6-8-19(9-7-17)25(30)29-24-5-3-2-4-23(24)27/h2-11,14-16,20H,12-13,27H2,1H3,(H,28,31)(H,29,30)/b22-16-. The van der Waals surface area contributed by atoms with Crippen LogP contribution in [-0.4, -0.2) is 25.0 Å². The van der Waals surface area contributed by atoms with Gasteiger partial charge in [0.1, 0.15) is 5.75 Å². The van der Waals surface area contributed by atoms with Crippen LogP contribution >= 0.6 is 0 Å². The molecule has 3 aromatic carbocycles. The van der Waals surface area contributed by atoms with Crippen LogP contribution < -0.4 is 21.1 Å². The van der Waals surface area contributed by atoms with Gasteiger partial charge >= 0.3 is 0 Å². The molecule has 1 aliphatic rings. The van der Waals surface area contributed by atoms with E-state index in [-0.39, 0.29) is 17.9 Å². The van der Waals surface area contributed by atoms with Crippen molar-refractivity contribution in [2.45, 2.75) is 18.9 Å². The van der Waals surface area contributed by atoms with Crippen molar-refractivity contribution in [3.8, 4) is 5.75 Å². The Balaban J connectivity index is 1.56. The highest BCUT2D eigenvalue weighted by Gasteiger charge is 2.25. The summed E-state index contributed by atoms with van der Waals surface area (Å²) in [6.45, 7) is 0. The van der Waals surface area contributed by atoms with Crippen LogP contribution in [0.3, 0.4) is 0 Å². The molecule has 4 N–H and O–H groups in total. The number of para-hydroxylation sites is 2. The van der Waals surface area contributed by atoms with E-state index in [1.54, 1.807) is 31.4 Å². The number of nitrogens with one attached hydrogen (secondary N) is 2. The lowest BCUT2D eigenvalue weighted by Crippen LogP contribution is -2.26. The summed E-state index contributed by atoms with van der Waals surface area (Å²) < 4.78 is 5.22. The molecule has 0 aliphatic heterocycles. The molecule has 0 bridgehead atoms. The number of amides is 2. The Morgan fingerprint density at radius 1 is 0.938 bits per heavy atom. The van der Waals surface area contributed by atoms with Crippen LogP contribution in [0.15, 0.2) is 72.8 Å². The molecule has 32 heavy (non-hydrogen) atoms. The molecule has 0 aromatic heterocycles.